The van der Waals surface area contributed by atoms with Crippen LogP contribution in [0.25, 0.3) is 11.1 Å². The second-order valence-electron chi connectivity index (χ2n) is 26.0. The summed E-state index contributed by atoms with van der Waals surface area (Å²) in [5.41, 5.74) is 7.69. The Morgan fingerprint density at radius 3 is 0.939 bits per heavy atom. The third kappa shape index (κ3) is 8.33. The molecular formula is C61H83SSi4+. The van der Waals surface area contributed by atoms with Crippen LogP contribution in [0.3, 0.4) is 0 Å². The first kappa shape index (κ1) is 50.4. The molecule has 0 N–H and O–H groups in total. The van der Waals surface area contributed by atoms with E-state index in [0.717, 1.165) is 0 Å². The summed E-state index contributed by atoms with van der Waals surface area (Å²) in [6, 6.07) is 56.8. The lowest BCUT2D eigenvalue weighted by Crippen LogP contribution is -2.49. The highest BCUT2D eigenvalue weighted by Gasteiger charge is 2.49. The van der Waals surface area contributed by atoms with E-state index in [2.05, 4.69) is 275 Å². The molecule has 1 aliphatic carbocycles. The zero-order chi connectivity index (χ0) is 48.8. The Kier molecular flexibility index (Phi) is 12.9. The van der Waals surface area contributed by atoms with Crippen LogP contribution in [0.5, 0.6) is 0 Å². The average molecular weight is 961 g/mol. The second kappa shape index (κ2) is 16.9. The van der Waals surface area contributed by atoms with Gasteiger partial charge in [0.25, 0.3) is 0 Å². The minimum atomic E-state index is -1.78. The van der Waals surface area contributed by atoms with Gasteiger partial charge in [-0.3, -0.25) is 0 Å². The van der Waals surface area contributed by atoms with Crippen LogP contribution in [0, 0.1) is 0 Å². The monoisotopic (exact) mass is 960 g/mol. The van der Waals surface area contributed by atoms with Crippen molar-refractivity contribution in [3.05, 3.63) is 162 Å². The summed E-state index contributed by atoms with van der Waals surface area (Å²) in [5, 5.41) is 7.11. The molecule has 66 heavy (non-hydrogen) atoms. The van der Waals surface area contributed by atoms with E-state index >= 15 is 0 Å². The topological polar surface area (TPSA) is 0 Å². The van der Waals surface area contributed by atoms with E-state index in [4.69, 9.17) is 0 Å². The standard InChI is InChI=1S/C61H83SSi4/c1-57(2,3)63(13,14)49-34-25-44(26-35-49)61(45-27-36-50(37-28-45)64(15,16)58(4,5)6)55-24-22-21-23-53(55)54-42-33-48(43-56(54)61)62(46-29-38-51(39-30-46)65(17,18)59(7,8)9)47-31-40-52(41-32-47)66(19,20)60(10,11)12/h21-43H,1-20H3/q+1. The molecule has 0 amide bonds. The van der Waals surface area contributed by atoms with E-state index in [1.165, 1.54) is 68.8 Å². The number of hydrogen-bond acceptors (Lipinski definition) is 0. The largest absolute Gasteiger partial charge is 0.166 e. The Morgan fingerprint density at radius 2 is 0.606 bits per heavy atom. The first-order chi connectivity index (χ1) is 30.3. The maximum atomic E-state index is 2.64. The fraction of sp³-hybridized carbons (Fsp3) is 0.410. The summed E-state index contributed by atoms with van der Waals surface area (Å²) in [7, 11) is -7.35. The van der Waals surface area contributed by atoms with Crippen LogP contribution in [0.1, 0.15) is 105 Å². The Hall–Kier alpha value is -3.46. The van der Waals surface area contributed by atoms with Gasteiger partial charge in [0.2, 0.25) is 0 Å². The highest BCUT2D eigenvalue weighted by molar-refractivity contribution is 7.97. The Bertz CT molecular complexity index is 2550. The molecule has 0 heterocycles. The molecule has 0 saturated heterocycles. The molecule has 0 spiro atoms. The molecule has 0 aliphatic heterocycles. The van der Waals surface area contributed by atoms with Crippen molar-refractivity contribution in [1.82, 2.24) is 0 Å². The minimum absolute atomic E-state index is 0.245. The van der Waals surface area contributed by atoms with Crippen molar-refractivity contribution >= 4 is 63.9 Å². The maximum Gasteiger partial charge on any atom is 0.166 e. The normalized spacial score (nSPS) is 14.9. The number of fused-ring (bicyclic) bond motifs is 3. The molecule has 0 saturated carbocycles. The second-order valence-corrected chi connectivity index (χ2v) is 49.3. The number of hydrogen-bond donors (Lipinski definition) is 0. The molecule has 0 radical (unpaired) electrons. The highest BCUT2D eigenvalue weighted by atomic mass is 32.2. The Morgan fingerprint density at radius 1 is 0.318 bits per heavy atom. The lowest BCUT2D eigenvalue weighted by Gasteiger charge is -2.39. The molecule has 7 rings (SSSR count). The Labute approximate surface area is 409 Å². The van der Waals surface area contributed by atoms with Crippen molar-refractivity contribution in [3.63, 3.8) is 0 Å². The summed E-state index contributed by atoms with van der Waals surface area (Å²) in [6.07, 6.45) is 0. The molecule has 0 nitrogen and oxygen atoms in total. The van der Waals surface area contributed by atoms with Gasteiger partial charge in [-0.25, -0.2) is 0 Å². The van der Waals surface area contributed by atoms with Crippen molar-refractivity contribution in [1.29, 1.82) is 0 Å². The molecule has 0 fully saturated rings. The van der Waals surface area contributed by atoms with Crippen LogP contribution in [0.15, 0.2) is 154 Å². The van der Waals surface area contributed by atoms with Crippen LogP contribution < -0.4 is 20.7 Å². The van der Waals surface area contributed by atoms with Gasteiger partial charge in [-0.2, -0.15) is 0 Å². The predicted octanol–water partition coefficient (Wildman–Crippen LogP) is 16.0. The van der Waals surface area contributed by atoms with Crippen LogP contribution >= 0.6 is 0 Å². The molecular weight excluding hydrogens is 877 g/mol. The zero-order valence-electron chi connectivity index (χ0n) is 44.7. The van der Waals surface area contributed by atoms with E-state index in [9.17, 15) is 0 Å². The van der Waals surface area contributed by atoms with Crippen molar-refractivity contribution < 1.29 is 0 Å². The van der Waals surface area contributed by atoms with Crippen molar-refractivity contribution in [2.45, 2.75) is 176 Å². The average Bonchev–Trinajstić information content (AvgIpc) is 3.53. The minimum Gasteiger partial charge on any atom is -0.0651 e. The fourth-order valence-corrected chi connectivity index (χ4v) is 19.1. The molecule has 0 unspecified atom stereocenters. The van der Waals surface area contributed by atoms with Gasteiger partial charge in [-0.05, 0) is 96.0 Å². The van der Waals surface area contributed by atoms with Crippen molar-refractivity contribution in [2.75, 3.05) is 0 Å². The van der Waals surface area contributed by atoms with Gasteiger partial charge in [-0.1, -0.05) is 253 Å². The molecule has 5 heteroatoms. The third-order valence-electron chi connectivity index (χ3n) is 18.5. The van der Waals surface area contributed by atoms with Gasteiger partial charge in [0.15, 0.2) is 14.7 Å². The van der Waals surface area contributed by atoms with Crippen LogP contribution in [0.2, 0.25) is 72.5 Å². The van der Waals surface area contributed by atoms with Gasteiger partial charge in [0.1, 0.15) is 0 Å². The molecule has 6 aromatic carbocycles. The van der Waals surface area contributed by atoms with E-state index in [-0.39, 0.29) is 31.0 Å². The van der Waals surface area contributed by atoms with Gasteiger partial charge in [0.05, 0.1) is 48.6 Å². The predicted molar refractivity (Wildman–Crippen MR) is 306 cm³/mol. The van der Waals surface area contributed by atoms with Crippen molar-refractivity contribution in [2.24, 2.45) is 0 Å². The fourth-order valence-electron chi connectivity index (χ4n) is 9.60. The smallest absolute Gasteiger partial charge is 0.0651 e. The summed E-state index contributed by atoms with van der Waals surface area (Å²) < 4.78 is 0. The van der Waals surface area contributed by atoms with Crippen LogP contribution in [0.4, 0.5) is 0 Å². The van der Waals surface area contributed by atoms with E-state index in [1.807, 2.05) is 0 Å². The molecule has 1 aliphatic rings. The van der Waals surface area contributed by atoms with E-state index in [0.29, 0.717) is 0 Å². The molecule has 6 aromatic rings. The van der Waals surface area contributed by atoms with Gasteiger partial charge in [-0.15, -0.1) is 0 Å². The first-order valence-corrected chi connectivity index (χ1v) is 37.9. The van der Waals surface area contributed by atoms with Crippen LogP contribution in [-0.4, -0.2) is 32.3 Å². The SMILES string of the molecule is CC(C)(C)[Si](C)(C)c1ccc([S+](c2ccc([Si](C)(C)C(C)(C)C)cc2)c2ccc3c(c2)C(c2ccc([Si](C)(C)C(C)(C)C)cc2)(c2ccc([Si](C)(C)C(C)(C)C)cc2)c2ccccc2-3)cc1. The quantitative estimate of drug-likeness (QED) is 0.0999. The number of benzene rings is 6. The lowest BCUT2D eigenvalue weighted by molar-refractivity contribution is 0.729. The molecule has 348 valence electrons. The summed E-state index contributed by atoms with van der Waals surface area (Å²) in [4.78, 5) is 4.15. The van der Waals surface area contributed by atoms with Crippen LogP contribution in [-0.2, 0) is 16.3 Å². The first-order valence-electron chi connectivity index (χ1n) is 24.7. The third-order valence-corrected chi connectivity index (χ3v) is 42.8. The van der Waals surface area contributed by atoms with Gasteiger partial charge < -0.3 is 0 Å². The van der Waals surface area contributed by atoms with Gasteiger partial charge >= 0.3 is 0 Å². The lowest BCUT2D eigenvalue weighted by atomic mass is 9.68. The summed E-state index contributed by atoms with van der Waals surface area (Å²) >= 11 is 0. The molecule has 0 atom stereocenters. The Balaban J connectivity index is 1.51. The van der Waals surface area contributed by atoms with Crippen molar-refractivity contribution in [3.8, 4) is 11.1 Å². The van der Waals surface area contributed by atoms with Gasteiger partial charge in [0, 0.05) is 0 Å². The van der Waals surface area contributed by atoms with E-state index in [1.54, 1.807) is 0 Å². The maximum absolute atomic E-state index is 2.64. The molecule has 0 aromatic heterocycles. The highest BCUT2D eigenvalue weighted by Crippen LogP contribution is 2.57. The zero-order valence-corrected chi connectivity index (χ0v) is 49.5. The molecule has 0 bridgehead atoms. The number of rotatable bonds is 9. The summed E-state index contributed by atoms with van der Waals surface area (Å²) in [6.45, 7) is 49.5. The van der Waals surface area contributed by atoms with E-state index < -0.39 is 37.7 Å². The summed E-state index contributed by atoms with van der Waals surface area (Å²) in [5.74, 6) is 0.